The van der Waals surface area contributed by atoms with Gasteiger partial charge in [-0.1, -0.05) is 13.3 Å². The van der Waals surface area contributed by atoms with Gasteiger partial charge in [-0.2, -0.15) is 0 Å². The van der Waals surface area contributed by atoms with E-state index < -0.39 is 0 Å². The fourth-order valence-electron chi connectivity index (χ4n) is 1.30. The number of hydrogen-bond donors (Lipinski definition) is 1. The van der Waals surface area contributed by atoms with Crippen molar-refractivity contribution in [1.82, 2.24) is 0 Å². The molecule has 0 unspecified atom stereocenters. The third kappa shape index (κ3) is 4.72. The lowest BCUT2D eigenvalue weighted by Crippen LogP contribution is -1.96. The lowest BCUT2D eigenvalue weighted by atomic mass is 10.1. The molecule has 0 bridgehead atoms. The van der Waals surface area contributed by atoms with Gasteiger partial charge in [-0.25, -0.2) is 0 Å². The van der Waals surface area contributed by atoms with E-state index in [9.17, 15) is 9.90 Å². The molecule has 0 aliphatic heterocycles. The molecule has 0 saturated carbocycles. The number of ether oxygens (including phenoxy) is 1. The molecule has 3 nitrogen and oxygen atoms in total. The Hall–Kier alpha value is -1.77. The van der Waals surface area contributed by atoms with Gasteiger partial charge in [-0.3, -0.25) is 4.79 Å². The largest absolute Gasteiger partial charge is 0.507 e. The summed E-state index contributed by atoms with van der Waals surface area (Å²) in [5.41, 5.74) is 0.614. The molecule has 1 aromatic rings. The minimum atomic E-state index is -0.0485. The normalized spacial score (nSPS) is 10.7. The number of benzene rings is 1. The molecule has 0 heterocycles. The molecular formula is C14H18O3. The van der Waals surface area contributed by atoms with Crippen molar-refractivity contribution in [2.45, 2.75) is 26.7 Å². The van der Waals surface area contributed by atoms with Gasteiger partial charge in [0.2, 0.25) is 0 Å². The third-order valence-corrected chi connectivity index (χ3v) is 2.27. The topological polar surface area (TPSA) is 46.5 Å². The minimum absolute atomic E-state index is 0.0485. The van der Waals surface area contributed by atoms with E-state index in [0.29, 0.717) is 17.9 Å². The zero-order valence-corrected chi connectivity index (χ0v) is 10.3. The number of unbranched alkanes of at least 4 members (excludes halogenated alkanes) is 1. The van der Waals surface area contributed by atoms with Crippen LogP contribution in [-0.4, -0.2) is 17.5 Å². The van der Waals surface area contributed by atoms with Crippen LogP contribution in [-0.2, 0) is 4.79 Å². The fourth-order valence-corrected chi connectivity index (χ4v) is 1.30. The number of allylic oxidation sites excluding steroid dienone is 1. The fraction of sp³-hybridized carbons (Fsp3) is 0.357. The second-order valence-electron chi connectivity index (χ2n) is 3.87. The van der Waals surface area contributed by atoms with Crippen LogP contribution in [0.15, 0.2) is 24.3 Å². The standard InChI is InChI=1S/C14H18O3/c1-3-4-9-17-13-8-7-12(14(16)10-13)6-5-11(2)15/h5-8,10,16H,3-4,9H2,1-2H3/b6-5+. The maximum Gasteiger partial charge on any atom is 0.152 e. The third-order valence-electron chi connectivity index (χ3n) is 2.27. The van der Waals surface area contributed by atoms with E-state index in [1.807, 2.05) is 0 Å². The molecule has 0 aliphatic rings. The summed E-state index contributed by atoms with van der Waals surface area (Å²) in [6.07, 6.45) is 5.08. The van der Waals surface area contributed by atoms with Gasteiger partial charge in [-0.05, 0) is 37.6 Å². The maximum atomic E-state index is 10.8. The lowest BCUT2D eigenvalue weighted by molar-refractivity contribution is -0.112. The highest BCUT2D eigenvalue weighted by molar-refractivity contribution is 5.91. The highest BCUT2D eigenvalue weighted by Gasteiger charge is 2.01. The Kier molecular flexibility index (Phi) is 5.27. The highest BCUT2D eigenvalue weighted by atomic mass is 16.5. The van der Waals surface area contributed by atoms with Gasteiger partial charge < -0.3 is 9.84 Å². The van der Waals surface area contributed by atoms with E-state index in [1.54, 1.807) is 24.3 Å². The van der Waals surface area contributed by atoms with Gasteiger partial charge in [0, 0.05) is 11.6 Å². The molecule has 0 saturated heterocycles. The predicted molar refractivity (Wildman–Crippen MR) is 68.2 cm³/mol. The maximum absolute atomic E-state index is 10.8. The number of phenolic OH excluding ortho intramolecular Hbond substituents is 1. The van der Waals surface area contributed by atoms with E-state index in [0.717, 1.165) is 12.8 Å². The van der Waals surface area contributed by atoms with Crippen molar-refractivity contribution < 1.29 is 14.6 Å². The van der Waals surface area contributed by atoms with Gasteiger partial charge in [0.1, 0.15) is 11.5 Å². The van der Waals surface area contributed by atoms with Crippen LogP contribution in [0.1, 0.15) is 32.3 Å². The summed E-state index contributed by atoms with van der Waals surface area (Å²) in [7, 11) is 0. The number of hydrogen-bond acceptors (Lipinski definition) is 3. The number of phenols is 1. The monoisotopic (exact) mass is 234 g/mol. The van der Waals surface area contributed by atoms with Crippen molar-refractivity contribution in [3.05, 3.63) is 29.8 Å². The molecule has 0 radical (unpaired) electrons. The quantitative estimate of drug-likeness (QED) is 0.607. The zero-order valence-electron chi connectivity index (χ0n) is 10.3. The molecule has 0 fully saturated rings. The van der Waals surface area contributed by atoms with E-state index >= 15 is 0 Å². The van der Waals surface area contributed by atoms with E-state index in [4.69, 9.17) is 4.74 Å². The van der Waals surface area contributed by atoms with E-state index in [2.05, 4.69) is 6.92 Å². The van der Waals surface area contributed by atoms with Crippen LogP contribution in [0.3, 0.4) is 0 Å². The van der Waals surface area contributed by atoms with Crippen LogP contribution >= 0.6 is 0 Å². The molecule has 0 atom stereocenters. The Bertz CT molecular complexity index is 408. The zero-order chi connectivity index (χ0) is 12.7. The summed E-state index contributed by atoms with van der Waals surface area (Å²) in [4.78, 5) is 10.8. The molecule has 0 amide bonds. The molecule has 1 N–H and O–H groups in total. The van der Waals surface area contributed by atoms with Gasteiger partial charge in [0.25, 0.3) is 0 Å². The molecule has 3 heteroatoms. The lowest BCUT2D eigenvalue weighted by Gasteiger charge is -2.06. The highest BCUT2D eigenvalue weighted by Crippen LogP contribution is 2.24. The Morgan fingerprint density at radius 2 is 2.24 bits per heavy atom. The van der Waals surface area contributed by atoms with Crippen molar-refractivity contribution >= 4 is 11.9 Å². The first-order valence-electron chi connectivity index (χ1n) is 5.78. The predicted octanol–water partition coefficient (Wildman–Crippen LogP) is 3.17. The van der Waals surface area contributed by atoms with Crippen molar-refractivity contribution in [1.29, 1.82) is 0 Å². The smallest absolute Gasteiger partial charge is 0.152 e. The SMILES string of the molecule is CCCCOc1ccc(/C=C/C(C)=O)c(O)c1. The summed E-state index contributed by atoms with van der Waals surface area (Å²) >= 11 is 0. The molecule has 1 aromatic carbocycles. The number of carbonyl (C=O) groups is 1. The van der Waals surface area contributed by atoms with Crippen LogP contribution in [0.4, 0.5) is 0 Å². The van der Waals surface area contributed by atoms with Crippen molar-refractivity contribution in [3.63, 3.8) is 0 Å². The van der Waals surface area contributed by atoms with Crippen molar-refractivity contribution in [2.24, 2.45) is 0 Å². The van der Waals surface area contributed by atoms with Crippen molar-refractivity contribution in [2.75, 3.05) is 6.61 Å². The molecule has 1 rings (SSSR count). The molecule has 0 aliphatic carbocycles. The number of ketones is 1. The number of carbonyl (C=O) groups excluding carboxylic acids is 1. The summed E-state index contributed by atoms with van der Waals surface area (Å²) in [6.45, 7) is 4.21. The van der Waals surface area contributed by atoms with Crippen LogP contribution < -0.4 is 4.74 Å². The molecule has 17 heavy (non-hydrogen) atoms. The number of aromatic hydroxyl groups is 1. The summed E-state index contributed by atoms with van der Waals surface area (Å²) in [5.74, 6) is 0.722. The van der Waals surface area contributed by atoms with Crippen LogP contribution in [0.5, 0.6) is 11.5 Å². The first-order chi connectivity index (χ1) is 8.13. The Labute approximate surface area is 102 Å². The minimum Gasteiger partial charge on any atom is -0.507 e. The summed E-state index contributed by atoms with van der Waals surface area (Å²) in [5, 5.41) is 9.72. The number of rotatable bonds is 6. The second kappa shape index (κ2) is 6.74. The average Bonchev–Trinajstić information content (AvgIpc) is 2.28. The van der Waals surface area contributed by atoms with Crippen LogP contribution in [0.25, 0.3) is 6.08 Å². The first-order valence-corrected chi connectivity index (χ1v) is 5.78. The molecule has 0 aromatic heterocycles. The first kappa shape index (κ1) is 13.3. The van der Waals surface area contributed by atoms with Crippen LogP contribution in [0, 0.1) is 0 Å². The van der Waals surface area contributed by atoms with Crippen LogP contribution in [0.2, 0.25) is 0 Å². The van der Waals surface area contributed by atoms with E-state index in [-0.39, 0.29) is 11.5 Å². The summed E-state index contributed by atoms with van der Waals surface area (Å²) in [6, 6.07) is 5.08. The van der Waals surface area contributed by atoms with Gasteiger partial charge in [0.05, 0.1) is 6.61 Å². The van der Waals surface area contributed by atoms with E-state index in [1.165, 1.54) is 13.0 Å². The Morgan fingerprint density at radius 3 is 2.82 bits per heavy atom. The van der Waals surface area contributed by atoms with Gasteiger partial charge in [0.15, 0.2) is 5.78 Å². The Morgan fingerprint density at radius 1 is 1.47 bits per heavy atom. The molecular weight excluding hydrogens is 216 g/mol. The second-order valence-corrected chi connectivity index (χ2v) is 3.87. The average molecular weight is 234 g/mol. The Balaban J connectivity index is 2.69. The molecule has 92 valence electrons. The molecule has 0 spiro atoms. The van der Waals surface area contributed by atoms with Gasteiger partial charge >= 0.3 is 0 Å². The van der Waals surface area contributed by atoms with Crippen molar-refractivity contribution in [3.8, 4) is 11.5 Å². The summed E-state index contributed by atoms with van der Waals surface area (Å²) < 4.78 is 5.46. The van der Waals surface area contributed by atoms with Gasteiger partial charge in [-0.15, -0.1) is 0 Å².